The number of phenolic OH excluding ortho intramolecular Hbond substituents is 11. The third-order valence-corrected chi connectivity index (χ3v) is 14.0. The van der Waals surface area contributed by atoms with Crippen molar-refractivity contribution in [2.75, 3.05) is 0 Å². The zero-order valence-electron chi connectivity index (χ0n) is 39.5. The summed E-state index contributed by atoms with van der Waals surface area (Å²) in [6.07, 6.45) is -0.536. The molecule has 0 saturated carbocycles. The van der Waals surface area contributed by atoms with Gasteiger partial charge in [0.05, 0.1) is 29.3 Å². The summed E-state index contributed by atoms with van der Waals surface area (Å²) in [5.74, 6) is -7.78. The summed E-state index contributed by atoms with van der Waals surface area (Å²) in [4.78, 5) is 28.4. The van der Waals surface area contributed by atoms with Crippen molar-refractivity contribution in [1.82, 2.24) is 0 Å². The molecule has 2 aliphatic heterocycles. The highest BCUT2D eigenvalue weighted by molar-refractivity contribution is 6.08. The molecule has 0 amide bonds. The zero-order valence-corrected chi connectivity index (χ0v) is 39.5. The average molecular weight is 1010 g/mol. The summed E-state index contributed by atoms with van der Waals surface area (Å²) < 4.78 is 13.7. The molecule has 1 saturated heterocycles. The number of benzene rings is 8. The van der Waals surface area contributed by atoms with Gasteiger partial charge < -0.3 is 65.6 Å². The number of phenols is 11. The van der Waals surface area contributed by atoms with Gasteiger partial charge in [0.25, 0.3) is 0 Å². The quantitative estimate of drug-likeness (QED) is 0.0401. The predicted molar refractivity (Wildman–Crippen MR) is 273 cm³/mol. The van der Waals surface area contributed by atoms with E-state index >= 15 is 4.79 Å². The molecule has 0 unspecified atom stereocenters. The van der Waals surface area contributed by atoms with Gasteiger partial charge in [0.1, 0.15) is 75.1 Å². The maximum absolute atomic E-state index is 15.1. The van der Waals surface area contributed by atoms with Crippen LogP contribution in [0, 0.1) is 11.8 Å². The van der Waals surface area contributed by atoms with Crippen LogP contribution in [-0.2, 0) is 11.2 Å². The highest BCUT2D eigenvalue weighted by Gasteiger charge is 2.51. The van der Waals surface area contributed by atoms with Crippen molar-refractivity contribution in [2.45, 2.75) is 36.6 Å². The first-order valence-corrected chi connectivity index (χ1v) is 23.7. The van der Waals surface area contributed by atoms with E-state index in [0.29, 0.717) is 27.8 Å². The van der Waals surface area contributed by atoms with Crippen molar-refractivity contribution in [2.24, 2.45) is 11.8 Å². The van der Waals surface area contributed by atoms with Gasteiger partial charge in [0, 0.05) is 64.3 Å². The second kappa shape index (κ2) is 19.8. The summed E-state index contributed by atoms with van der Waals surface area (Å²) in [5, 5.41) is 120. The molecule has 0 aromatic heterocycles. The topological polar surface area (TPSA) is 275 Å². The number of ketones is 2. The minimum atomic E-state index is -1.18. The van der Waals surface area contributed by atoms with Gasteiger partial charge in [-0.15, -0.1) is 0 Å². The fourth-order valence-electron chi connectivity index (χ4n) is 10.5. The molecule has 10 rings (SSSR count). The molecular formula is C60H48O15. The molecule has 0 aliphatic carbocycles. The van der Waals surface area contributed by atoms with Crippen LogP contribution in [-0.4, -0.2) is 67.7 Å². The third kappa shape index (κ3) is 9.63. The SMILES string of the molecule is O=C(/C=C/c1ccc(O)c([C@H]2[C@H](c3cc([C@H]4O[C@H](c5ccc(O)cc5)[C@H](C(=O)c5ccc(O)cc5O)[C@@H]4Cc4ccc(O)cc4)c(O)cc3O)c3ccc(O)cc3O[C@@H]2c2ccc(O)cc2)c1)c1ccc(O)cc1O. The number of ether oxygens (including phenoxy) is 2. The molecule has 0 radical (unpaired) electrons. The Balaban J connectivity index is 1.16. The third-order valence-electron chi connectivity index (χ3n) is 14.0. The van der Waals surface area contributed by atoms with Crippen molar-refractivity contribution >= 4 is 17.6 Å². The summed E-state index contributed by atoms with van der Waals surface area (Å²) in [5.41, 5.74) is 2.79. The van der Waals surface area contributed by atoms with Crippen LogP contribution in [0.25, 0.3) is 6.08 Å². The average Bonchev–Trinajstić information content (AvgIpc) is 3.78. The predicted octanol–water partition coefficient (Wildman–Crippen LogP) is 10.6. The van der Waals surface area contributed by atoms with E-state index in [4.69, 9.17) is 9.47 Å². The Morgan fingerprint density at radius 1 is 0.440 bits per heavy atom. The maximum Gasteiger partial charge on any atom is 0.189 e. The van der Waals surface area contributed by atoms with Gasteiger partial charge in [-0.05, 0) is 120 Å². The standard InChI is InChI=1S/C60H48O15/c61-34-9-1-30(2-10-34)24-46-56(57(73)41-19-16-38(65)26-50(41)70)59(33-7-13-36(63)14-8-33)75-60(46)45-28-44(51(71)29-52(45)72)54-42-20-17-39(66)27-53(42)74-58(32-5-11-35(62)12-6-32)55(54)43-23-31(4-22-48(43)68)3-21-47(67)40-18-15-37(64)25-49(40)69/h1-23,25-29,46,54-56,58-66,68-72H,24H2/b21-3+/t46-,54-,55-,56-,58+,59+,60+/m0/s1. The number of rotatable bonds is 12. The number of hydrogen-bond acceptors (Lipinski definition) is 15. The highest BCUT2D eigenvalue weighted by Crippen LogP contribution is 2.60. The van der Waals surface area contributed by atoms with Gasteiger partial charge in [0.2, 0.25) is 0 Å². The van der Waals surface area contributed by atoms with E-state index < -0.39 is 76.5 Å². The lowest BCUT2D eigenvalue weighted by atomic mass is 9.69. The second-order valence-corrected chi connectivity index (χ2v) is 18.7. The summed E-state index contributed by atoms with van der Waals surface area (Å²) >= 11 is 0. The lowest BCUT2D eigenvalue weighted by Gasteiger charge is -2.41. The van der Waals surface area contributed by atoms with E-state index in [1.807, 2.05) is 0 Å². The van der Waals surface area contributed by atoms with E-state index in [-0.39, 0.29) is 80.2 Å². The normalized spacial score (nSPS) is 20.1. The number of hydrogen-bond donors (Lipinski definition) is 11. The van der Waals surface area contributed by atoms with Crippen molar-refractivity contribution in [3.63, 3.8) is 0 Å². The van der Waals surface area contributed by atoms with Gasteiger partial charge in [-0.1, -0.05) is 54.6 Å². The fraction of sp³-hybridized carbons (Fsp3) is 0.133. The lowest BCUT2D eigenvalue weighted by molar-refractivity contribution is 0.0253. The molecule has 2 aliphatic rings. The number of Topliss-reactive ketones (excluding diaryl/α,β-unsaturated/α-hetero) is 1. The monoisotopic (exact) mass is 1010 g/mol. The molecule has 0 bridgehead atoms. The molecule has 1 fully saturated rings. The van der Waals surface area contributed by atoms with Crippen LogP contribution in [0.3, 0.4) is 0 Å². The molecule has 8 aromatic carbocycles. The van der Waals surface area contributed by atoms with Crippen LogP contribution < -0.4 is 4.74 Å². The lowest BCUT2D eigenvalue weighted by Crippen LogP contribution is -2.30. The van der Waals surface area contributed by atoms with E-state index in [9.17, 15) is 61.0 Å². The van der Waals surface area contributed by atoms with Gasteiger partial charge in [-0.3, -0.25) is 9.59 Å². The molecule has 2 heterocycles. The Kier molecular flexibility index (Phi) is 12.9. The van der Waals surface area contributed by atoms with E-state index in [1.165, 1.54) is 91.0 Å². The molecular weight excluding hydrogens is 961 g/mol. The van der Waals surface area contributed by atoms with Crippen LogP contribution in [0.4, 0.5) is 0 Å². The largest absolute Gasteiger partial charge is 0.508 e. The van der Waals surface area contributed by atoms with Crippen LogP contribution in [0.5, 0.6) is 69.0 Å². The fourth-order valence-corrected chi connectivity index (χ4v) is 10.5. The summed E-state index contributed by atoms with van der Waals surface area (Å²) in [6, 6.07) is 37.4. The van der Waals surface area contributed by atoms with Crippen molar-refractivity contribution < 1.29 is 75.2 Å². The first kappa shape index (κ1) is 49.0. The molecule has 75 heavy (non-hydrogen) atoms. The molecule has 15 heteroatoms. The first-order valence-electron chi connectivity index (χ1n) is 23.7. The van der Waals surface area contributed by atoms with Gasteiger partial charge in [0.15, 0.2) is 11.6 Å². The van der Waals surface area contributed by atoms with Crippen molar-refractivity contribution in [3.05, 3.63) is 219 Å². The molecule has 7 atom stereocenters. The van der Waals surface area contributed by atoms with Crippen molar-refractivity contribution in [1.29, 1.82) is 0 Å². The van der Waals surface area contributed by atoms with Crippen LogP contribution in [0.2, 0.25) is 0 Å². The van der Waals surface area contributed by atoms with E-state index in [2.05, 4.69) is 0 Å². The molecule has 11 N–H and O–H groups in total. The molecule has 15 nitrogen and oxygen atoms in total. The number of fused-ring (bicyclic) bond motifs is 1. The Bertz CT molecular complexity index is 3520. The summed E-state index contributed by atoms with van der Waals surface area (Å²) in [6.45, 7) is 0. The van der Waals surface area contributed by atoms with E-state index in [1.54, 1.807) is 60.7 Å². The number of aromatic hydroxyl groups is 11. The highest BCUT2D eigenvalue weighted by atomic mass is 16.5. The Morgan fingerprint density at radius 2 is 0.987 bits per heavy atom. The first-order chi connectivity index (χ1) is 36.0. The molecule has 378 valence electrons. The van der Waals surface area contributed by atoms with Gasteiger partial charge >= 0.3 is 0 Å². The Labute approximate surface area is 428 Å². The van der Waals surface area contributed by atoms with Gasteiger partial charge in [-0.25, -0.2) is 0 Å². The minimum Gasteiger partial charge on any atom is -0.508 e. The maximum atomic E-state index is 15.1. The number of carbonyl (C=O) groups excluding carboxylic acids is 2. The zero-order chi connectivity index (χ0) is 52.8. The number of carbonyl (C=O) groups is 2. The van der Waals surface area contributed by atoms with Crippen LogP contribution >= 0.6 is 0 Å². The van der Waals surface area contributed by atoms with E-state index in [0.717, 1.165) is 18.2 Å². The smallest absolute Gasteiger partial charge is 0.189 e. The minimum absolute atomic E-state index is 0.0110. The summed E-state index contributed by atoms with van der Waals surface area (Å²) in [7, 11) is 0. The van der Waals surface area contributed by atoms with Crippen molar-refractivity contribution in [3.8, 4) is 69.0 Å². The Hall–Kier alpha value is -9.60. The Morgan fingerprint density at radius 3 is 1.61 bits per heavy atom. The molecule has 8 aromatic rings. The van der Waals surface area contributed by atoms with Gasteiger partial charge in [-0.2, -0.15) is 0 Å². The van der Waals surface area contributed by atoms with Crippen LogP contribution in [0.1, 0.15) is 95.4 Å². The molecule has 0 spiro atoms. The van der Waals surface area contributed by atoms with Crippen LogP contribution in [0.15, 0.2) is 164 Å². The number of allylic oxidation sites excluding steroid dienone is 1. The second-order valence-electron chi connectivity index (χ2n) is 18.7.